The molecule has 2 aliphatic rings. The monoisotopic (exact) mass is 326 g/mol. The standard InChI is InChI=1S/C19H38N2O2/c1-5-20-10-12-21(13-11-20)14-17(22)15-23-18-8-6-16(7-9-18)19(2,3)4/h16-18,22H,5-15H2,1-4H3/t16?,17-,18?/m0/s1. The molecule has 1 atom stereocenters. The molecule has 0 spiro atoms. The van der Waals surface area contributed by atoms with Gasteiger partial charge in [-0.05, 0) is 43.6 Å². The molecule has 1 heterocycles. The van der Waals surface area contributed by atoms with E-state index in [9.17, 15) is 5.11 Å². The first-order valence-electron chi connectivity index (χ1n) is 9.63. The molecule has 4 heteroatoms. The summed E-state index contributed by atoms with van der Waals surface area (Å²) in [6.07, 6.45) is 4.86. The molecule has 0 bridgehead atoms. The van der Waals surface area contributed by atoms with Crippen molar-refractivity contribution in [1.82, 2.24) is 9.80 Å². The molecular weight excluding hydrogens is 288 g/mol. The van der Waals surface area contributed by atoms with Crippen LogP contribution in [-0.4, -0.2) is 73.0 Å². The normalized spacial score (nSPS) is 29.6. The number of hydrogen-bond acceptors (Lipinski definition) is 4. The molecule has 1 saturated carbocycles. The predicted molar refractivity (Wildman–Crippen MR) is 95.7 cm³/mol. The Hall–Kier alpha value is -0.160. The van der Waals surface area contributed by atoms with Crippen molar-refractivity contribution in [3.63, 3.8) is 0 Å². The lowest BCUT2D eigenvalue weighted by Gasteiger charge is -2.37. The van der Waals surface area contributed by atoms with E-state index in [4.69, 9.17) is 4.74 Å². The van der Waals surface area contributed by atoms with E-state index in [1.165, 1.54) is 12.8 Å². The number of piperazine rings is 1. The quantitative estimate of drug-likeness (QED) is 0.814. The average Bonchev–Trinajstić information content (AvgIpc) is 2.53. The molecule has 0 amide bonds. The molecule has 0 aromatic heterocycles. The van der Waals surface area contributed by atoms with Crippen molar-refractivity contribution in [2.45, 2.75) is 65.6 Å². The number of nitrogens with zero attached hydrogens (tertiary/aromatic N) is 2. The van der Waals surface area contributed by atoms with Gasteiger partial charge in [0.05, 0.1) is 18.8 Å². The predicted octanol–water partition coefficient (Wildman–Crippen LogP) is 2.61. The highest BCUT2D eigenvalue weighted by Gasteiger charge is 2.30. The van der Waals surface area contributed by atoms with Crippen molar-refractivity contribution < 1.29 is 9.84 Å². The van der Waals surface area contributed by atoms with E-state index in [-0.39, 0.29) is 6.10 Å². The molecule has 0 aromatic rings. The number of β-amino-alcohol motifs (C(OH)–C–C–N with tert-alkyl or cyclic N) is 1. The number of rotatable bonds is 6. The molecule has 23 heavy (non-hydrogen) atoms. The van der Waals surface area contributed by atoms with Crippen LogP contribution in [0.3, 0.4) is 0 Å². The van der Waals surface area contributed by atoms with Crippen LogP contribution in [0.25, 0.3) is 0 Å². The van der Waals surface area contributed by atoms with Crippen LogP contribution in [0.2, 0.25) is 0 Å². The van der Waals surface area contributed by atoms with Crippen molar-refractivity contribution in [2.24, 2.45) is 11.3 Å². The summed E-state index contributed by atoms with van der Waals surface area (Å²) in [5.41, 5.74) is 0.422. The number of ether oxygens (including phenoxy) is 1. The highest BCUT2D eigenvalue weighted by molar-refractivity contribution is 4.81. The van der Waals surface area contributed by atoms with E-state index in [2.05, 4.69) is 37.5 Å². The van der Waals surface area contributed by atoms with E-state index in [0.29, 0.717) is 18.1 Å². The second-order valence-electron chi connectivity index (χ2n) is 8.56. The van der Waals surface area contributed by atoms with Gasteiger partial charge in [-0.15, -0.1) is 0 Å². The van der Waals surface area contributed by atoms with E-state index in [1.54, 1.807) is 0 Å². The highest BCUT2D eigenvalue weighted by atomic mass is 16.5. The zero-order valence-corrected chi connectivity index (χ0v) is 15.8. The molecule has 2 fully saturated rings. The molecule has 0 aromatic carbocycles. The van der Waals surface area contributed by atoms with Gasteiger partial charge in [0.1, 0.15) is 0 Å². The van der Waals surface area contributed by atoms with Gasteiger partial charge in [0.15, 0.2) is 0 Å². The lowest BCUT2D eigenvalue weighted by Crippen LogP contribution is -2.49. The van der Waals surface area contributed by atoms with E-state index in [0.717, 1.165) is 58.0 Å². The molecule has 1 saturated heterocycles. The third kappa shape index (κ3) is 6.33. The lowest BCUT2D eigenvalue weighted by molar-refractivity contribution is -0.0470. The van der Waals surface area contributed by atoms with Gasteiger partial charge in [-0.2, -0.15) is 0 Å². The van der Waals surface area contributed by atoms with Crippen LogP contribution in [0.4, 0.5) is 0 Å². The second-order valence-corrected chi connectivity index (χ2v) is 8.56. The van der Waals surface area contributed by atoms with Gasteiger partial charge in [-0.1, -0.05) is 27.7 Å². The maximum atomic E-state index is 10.3. The maximum Gasteiger partial charge on any atom is 0.0900 e. The van der Waals surface area contributed by atoms with Crippen molar-refractivity contribution in [3.8, 4) is 0 Å². The summed E-state index contributed by atoms with van der Waals surface area (Å²) in [4.78, 5) is 4.84. The van der Waals surface area contributed by atoms with Gasteiger partial charge in [0, 0.05) is 32.7 Å². The Labute approximate surface area is 143 Å². The van der Waals surface area contributed by atoms with Crippen LogP contribution >= 0.6 is 0 Å². The number of hydrogen-bond donors (Lipinski definition) is 1. The minimum Gasteiger partial charge on any atom is -0.389 e. The van der Waals surface area contributed by atoms with Crippen molar-refractivity contribution in [3.05, 3.63) is 0 Å². The summed E-state index contributed by atoms with van der Waals surface area (Å²) < 4.78 is 6.00. The summed E-state index contributed by atoms with van der Waals surface area (Å²) in [7, 11) is 0. The average molecular weight is 327 g/mol. The molecule has 136 valence electrons. The van der Waals surface area contributed by atoms with Gasteiger partial charge in [0.2, 0.25) is 0 Å². The third-order valence-corrected chi connectivity index (χ3v) is 5.80. The first-order chi connectivity index (χ1) is 10.9. The van der Waals surface area contributed by atoms with Gasteiger partial charge in [0.25, 0.3) is 0 Å². The van der Waals surface area contributed by atoms with Crippen molar-refractivity contribution in [1.29, 1.82) is 0 Å². The molecule has 0 radical (unpaired) electrons. The Balaban J connectivity index is 1.59. The summed E-state index contributed by atoms with van der Waals surface area (Å²) in [6.45, 7) is 16.0. The molecule has 2 rings (SSSR count). The number of aliphatic hydroxyl groups is 1. The first-order valence-corrected chi connectivity index (χ1v) is 9.63. The van der Waals surface area contributed by atoms with Crippen LogP contribution in [0.5, 0.6) is 0 Å². The Morgan fingerprint density at radius 2 is 1.57 bits per heavy atom. The molecule has 4 nitrogen and oxygen atoms in total. The minimum absolute atomic E-state index is 0.344. The van der Waals surface area contributed by atoms with Crippen LogP contribution in [-0.2, 0) is 4.74 Å². The first kappa shape index (κ1) is 19.2. The summed E-state index contributed by atoms with van der Waals surface area (Å²) >= 11 is 0. The van der Waals surface area contributed by atoms with Crippen molar-refractivity contribution >= 4 is 0 Å². The number of aliphatic hydroxyl groups excluding tert-OH is 1. The maximum absolute atomic E-state index is 10.3. The minimum atomic E-state index is -0.344. The Morgan fingerprint density at radius 3 is 2.09 bits per heavy atom. The van der Waals surface area contributed by atoms with E-state index in [1.807, 2.05) is 0 Å². The Kier molecular flexibility index (Phi) is 7.33. The van der Waals surface area contributed by atoms with Gasteiger partial charge in [-0.3, -0.25) is 4.90 Å². The van der Waals surface area contributed by atoms with Crippen LogP contribution < -0.4 is 0 Å². The van der Waals surface area contributed by atoms with Crippen LogP contribution in [0.15, 0.2) is 0 Å². The highest BCUT2D eigenvalue weighted by Crippen LogP contribution is 2.38. The fraction of sp³-hybridized carbons (Fsp3) is 1.00. The smallest absolute Gasteiger partial charge is 0.0900 e. The lowest BCUT2D eigenvalue weighted by atomic mass is 9.72. The SMILES string of the molecule is CCN1CCN(C[C@H](O)COC2CCC(C(C)(C)C)CC2)CC1. The van der Waals surface area contributed by atoms with Gasteiger partial charge < -0.3 is 14.7 Å². The second kappa shape index (κ2) is 8.80. The van der Waals surface area contributed by atoms with Crippen LogP contribution in [0.1, 0.15) is 53.4 Å². The summed E-state index contributed by atoms with van der Waals surface area (Å²) in [5.74, 6) is 0.821. The largest absolute Gasteiger partial charge is 0.389 e. The Bertz CT molecular complexity index is 327. The molecular formula is C19H38N2O2. The van der Waals surface area contributed by atoms with E-state index < -0.39 is 0 Å². The van der Waals surface area contributed by atoms with Crippen LogP contribution in [0, 0.1) is 11.3 Å². The fourth-order valence-electron chi connectivity index (χ4n) is 3.98. The molecule has 1 N–H and O–H groups in total. The van der Waals surface area contributed by atoms with Gasteiger partial charge in [-0.25, -0.2) is 0 Å². The summed E-state index contributed by atoms with van der Waals surface area (Å²) in [6, 6.07) is 0. The molecule has 0 unspecified atom stereocenters. The molecule has 1 aliphatic heterocycles. The van der Waals surface area contributed by atoms with Gasteiger partial charge >= 0.3 is 0 Å². The van der Waals surface area contributed by atoms with Crippen molar-refractivity contribution in [2.75, 3.05) is 45.9 Å². The zero-order valence-electron chi connectivity index (χ0n) is 15.8. The fourth-order valence-corrected chi connectivity index (χ4v) is 3.98. The topological polar surface area (TPSA) is 35.9 Å². The zero-order chi connectivity index (χ0) is 16.9. The third-order valence-electron chi connectivity index (χ3n) is 5.80. The summed E-state index contributed by atoms with van der Waals surface area (Å²) in [5, 5.41) is 10.3. The number of likely N-dealkylation sites (N-methyl/N-ethyl adjacent to an activating group) is 1. The Morgan fingerprint density at radius 1 is 1.00 bits per heavy atom. The van der Waals surface area contributed by atoms with E-state index >= 15 is 0 Å². The molecule has 1 aliphatic carbocycles.